The number of methoxy groups -OCH3 is 2. The van der Waals surface area contributed by atoms with E-state index in [1.54, 1.807) is 14.2 Å². The molecule has 5 nitrogen and oxygen atoms in total. The number of rotatable bonds is 4. The third kappa shape index (κ3) is 1.74. The molecular formula is C19H22O5. The van der Waals surface area contributed by atoms with E-state index in [0.29, 0.717) is 24.0 Å². The van der Waals surface area contributed by atoms with Crippen LogP contribution in [0.15, 0.2) is 12.1 Å². The van der Waals surface area contributed by atoms with Gasteiger partial charge >= 0.3 is 0 Å². The number of Topliss-reactive ketones (excluding diaryl/α,β-unsaturated/α-hetero) is 1. The third-order valence-corrected chi connectivity index (χ3v) is 6.45. The van der Waals surface area contributed by atoms with Crippen molar-refractivity contribution in [2.75, 3.05) is 21.0 Å². The van der Waals surface area contributed by atoms with Gasteiger partial charge in [-0.2, -0.15) is 0 Å². The lowest BCUT2D eigenvalue weighted by Gasteiger charge is -2.51. The van der Waals surface area contributed by atoms with E-state index in [1.165, 1.54) is 11.1 Å². The van der Waals surface area contributed by atoms with Gasteiger partial charge in [0.05, 0.1) is 13.2 Å². The fourth-order valence-corrected chi connectivity index (χ4v) is 5.50. The normalized spacial score (nSPS) is 38.0. The number of hydrogen-bond acceptors (Lipinski definition) is 5. The average molecular weight is 330 g/mol. The molecule has 1 aromatic carbocycles. The fraction of sp³-hybridized carbons (Fsp3) is 0.632. The SMILES string of the molecule is COCO[C@H]1CC[C@@H]2[C@H]3C(=O)C[C@H]3c3ccc(OC)c4c3[C@@H]2[C@@H]1O4. The molecule has 1 heterocycles. The van der Waals surface area contributed by atoms with Crippen LogP contribution >= 0.6 is 0 Å². The third-order valence-electron chi connectivity index (χ3n) is 6.45. The molecule has 6 atom stereocenters. The zero-order chi connectivity index (χ0) is 16.4. The van der Waals surface area contributed by atoms with E-state index in [1.807, 2.05) is 6.07 Å². The van der Waals surface area contributed by atoms with Crippen molar-refractivity contribution in [1.82, 2.24) is 0 Å². The molecule has 0 spiro atoms. The maximum Gasteiger partial charge on any atom is 0.165 e. The van der Waals surface area contributed by atoms with Crippen LogP contribution in [0, 0.1) is 11.8 Å². The molecule has 2 fully saturated rings. The molecular weight excluding hydrogens is 308 g/mol. The predicted molar refractivity (Wildman–Crippen MR) is 85.5 cm³/mol. The molecule has 128 valence electrons. The van der Waals surface area contributed by atoms with Gasteiger partial charge in [0.2, 0.25) is 0 Å². The molecule has 4 aliphatic rings. The minimum atomic E-state index is -0.0432. The number of carbonyl (C=O) groups excluding carboxylic acids is 1. The Morgan fingerprint density at radius 1 is 1.21 bits per heavy atom. The first kappa shape index (κ1) is 14.7. The number of hydrogen-bond donors (Lipinski definition) is 0. The van der Waals surface area contributed by atoms with Crippen molar-refractivity contribution in [1.29, 1.82) is 0 Å². The number of fused-ring (bicyclic) bond motifs is 3. The monoisotopic (exact) mass is 330 g/mol. The minimum absolute atomic E-state index is 0.00267. The summed E-state index contributed by atoms with van der Waals surface area (Å²) < 4.78 is 22.9. The van der Waals surface area contributed by atoms with Gasteiger partial charge in [0.15, 0.2) is 11.5 Å². The number of benzene rings is 1. The lowest BCUT2D eigenvalue weighted by molar-refractivity contribution is -0.146. The van der Waals surface area contributed by atoms with E-state index in [2.05, 4.69) is 6.07 Å². The van der Waals surface area contributed by atoms with Gasteiger partial charge in [-0.3, -0.25) is 4.79 Å². The maximum absolute atomic E-state index is 12.3. The average Bonchev–Trinajstić information content (AvgIpc) is 2.99. The van der Waals surface area contributed by atoms with E-state index in [4.69, 9.17) is 18.9 Å². The summed E-state index contributed by atoms with van der Waals surface area (Å²) in [6.45, 7) is 0.271. The van der Waals surface area contributed by atoms with Crippen LogP contribution in [-0.4, -0.2) is 39.0 Å². The zero-order valence-corrected chi connectivity index (χ0v) is 14.0. The molecule has 0 aromatic heterocycles. The summed E-state index contributed by atoms with van der Waals surface area (Å²) in [4.78, 5) is 12.3. The minimum Gasteiger partial charge on any atom is -0.493 e. The smallest absolute Gasteiger partial charge is 0.165 e. The Balaban J connectivity index is 1.61. The van der Waals surface area contributed by atoms with Crippen LogP contribution in [0.2, 0.25) is 0 Å². The maximum atomic E-state index is 12.3. The molecule has 0 saturated heterocycles. The first-order valence-electron chi connectivity index (χ1n) is 8.75. The second kappa shape index (κ2) is 5.20. The molecule has 1 aliphatic heterocycles. The van der Waals surface area contributed by atoms with Crippen molar-refractivity contribution in [3.63, 3.8) is 0 Å². The summed E-state index contributed by atoms with van der Waals surface area (Å²) in [5.41, 5.74) is 2.58. The Morgan fingerprint density at radius 2 is 2.08 bits per heavy atom. The molecule has 0 radical (unpaired) electrons. The Hall–Kier alpha value is -1.59. The number of ketones is 1. The Labute approximate surface area is 141 Å². The topological polar surface area (TPSA) is 54.0 Å². The van der Waals surface area contributed by atoms with Crippen LogP contribution in [-0.2, 0) is 14.3 Å². The van der Waals surface area contributed by atoms with E-state index in [0.717, 1.165) is 24.3 Å². The summed E-state index contributed by atoms with van der Waals surface area (Å²) in [6, 6.07) is 4.13. The highest BCUT2D eigenvalue weighted by molar-refractivity contribution is 5.91. The van der Waals surface area contributed by atoms with Crippen molar-refractivity contribution in [2.45, 2.75) is 43.3 Å². The highest BCUT2D eigenvalue weighted by Crippen LogP contribution is 2.64. The first-order valence-corrected chi connectivity index (χ1v) is 8.75. The standard InChI is InChI=1S/C19H22O5/c1-21-8-23-14-6-4-10-15-11(7-12(15)20)9-3-5-13(22-2)18-16(9)17(10)19(14)24-18/h3,5,10-11,14-15,17,19H,4,6-8H2,1-2H3/t10-,11+,14+,15-,17-,19-/m1/s1. The lowest BCUT2D eigenvalue weighted by Crippen LogP contribution is -2.53. The Kier molecular flexibility index (Phi) is 3.19. The van der Waals surface area contributed by atoms with E-state index >= 15 is 0 Å². The van der Waals surface area contributed by atoms with E-state index in [9.17, 15) is 4.79 Å². The van der Waals surface area contributed by atoms with Crippen molar-refractivity contribution < 1.29 is 23.7 Å². The molecule has 2 saturated carbocycles. The van der Waals surface area contributed by atoms with Crippen LogP contribution < -0.4 is 9.47 Å². The molecule has 0 unspecified atom stereocenters. The zero-order valence-electron chi connectivity index (χ0n) is 14.0. The van der Waals surface area contributed by atoms with Gasteiger partial charge in [-0.05, 0) is 30.4 Å². The van der Waals surface area contributed by atoms with Gasteiger partial charge in [0.25, 0.3) is 0 Å². The molecule has 5 heteroatoms. The van der Waals surface area contributed by atoms with Crippen molar-refractivity contribution in [2.24, 2.45) is 11.8 Å². The summed E-state index contributed by atoms with van der Waals surface area (Å²) in [6.07, 6.45) is 2.57. The van der Waals surface area contributed by atoms with Crippen molar-refractivity contribution in [3.05, 3.63) is 23.3 Å². The van der Waals surface area contributed by atoms with E-state index in [-0.39, 0.29) is 30.8 Å². The number of carbonyl (C=O) groups is 1. The van der Waals surface area contributed by atoms with Crippen LogP contribution in [0.25, 0.3) is 0 Å². The molecule has 0 bridgehead atoms. The number of ether oxygens (including phenoxy) is 4. The van der Waals surface area contributed by atoms with Gasteiger partial charge in [0.1, 0.15) is 18.7 Å². The van der Waals surface area contributed by atoms with Gasteiger partial charge in [-0.15, -0.1) is 0 Å². The summed E-state index contributed by atoms with van der Waals surface area (Å²) in [7, 11) is 3.31. The first-order chi connectivity index (χ1) is 11.7. The van der Waals surface area contributed by atoms with Crippen LogP contribution in [0.5, 0.6) is 11.5 Å². The predicted octanol–water partition coefficient (Wildman–Crippen LogP) is 2.63. The van der Waals surface area contributed by atoms with Crippen molar-refractivity contribution in [3.8, 4) is 11.5 Å². The Bertz CT molecular complexity index is 699. The lowest BCUT2D eigenvalue weighted by atomic mass is 9.51. The van der Waals surface area contributed by atoms with E-state index < -0.39 is 0 Å². The molecule has 24 heavy (non-hydrogen) atoms. The summed E-state index contributed by atoms with van der Waals surface area (Å²) in [5.74, 6) is 3.26. The second-order valence-corrected chi connectivity index (χ2v) is 7.36. The van der Waals surface area contributed by atoms with Crippen LogP contribution in [0.3, 0.4) is 0 Å². The van der Waals surface area contributed by atoms with Gasteiger partial charge in [0, 0.05) is 36.8 Å². The van der Waals surface area contributed by atoms with Gasteiger partial charge < -0.3 is 18.9 Å². The van der Waals surface area contributed by atoms with Crippen molar-refractivity contribution >= 4 is 5.78 Å². The highest BCUT2D eigenvalue weighted by Gasteiger charge is 2.60. The second-order valence-electron chi connectivity index (χ2n) is 7.36. The molecule has 3 aliphatic carbocycles. The molecule has 0 amide bonds. The summed E-state index contributed by atoms with van der Waals surface area (Å²) in [5, 5.41) is 0. The molecule has 5 rings (SSSR count). The highest BCUT2D eigenvalue weighted by atomic mass is 16.7. The fourth-order valence-electron chi connectivity index (χ4n) is 5.50. The quantitative estimate of drug-likeness (QED) is 0.795. The Morgan fingerprint density at radius 3 is 2.83 bits per heavy atom. The molecule has 0 N–H and O–H groups in total. The van der Waals surface area contributed by atoms with Crippen LogP contribution in [0.1, 0.15) is 42.2 Å². The summed E-state index contributed by atoms with van der Waals surface area (Å²) >= 11 is 0. The van der Waals surface area contributed by atoms with Gasteiger partial charge in [-0.25, -0.2) is 0 Å². The molecule has 1 aromatic rings. The largest absolute Gasteiger partial charge is 0.493 e. The van der Waals surface area contributed by atoms with Crippen LogP contribution in [0.4, 0.5) is 0 Å². The van der Waals surface area contributed by atoms with Gasteiger partial charge in [-0.1, -0.05) is 6.07 Å².